The maximum Gasteiger partial charge on any atom is 0.416 e. The molecule has 0 saturated heterocycles. The van der Waals surface area contributed by atoms with Gasteiger partial charge in [0.2, 0.25) is 0 Å². The summed E-state index contributed by atoms with van der Waals surface area (Å²) in [7, 11) is 1.67. The number of hydrogen-bond donors (Lipinski definition) is 1. The molecule has 2 rings (SSSR count). The van der Waals surface area contributed by atoms with Gasteiger partial charge in [0.05, 0.1) is 17.8 Å². The van der Waals surface area contributed by atoms with Crippen LogP contribution in [0.4, 0.5) is 13.2 Å². The highest BCUT2D eigenvalue weighted by molar-refractivity contribution is 5.35. The molecule has 1 atom stereocenters. The van der Waals surface area contributed by atoms with E-state index in [1.807, 2.05) is 0 Å². The molecule has 0 spiro atoms. The first-order valence-electron chi connectivity index (χ1n) is 5.15. The molecule has 2 heterocycles. The highest BCUT2D eigenvalue weighted by Crippen LogP contribution is 2.34. The van der Waals surface area contributed by atoms with Crippen molar-refractivity contribution in [3.05, 3.63) is 47.5 Å². The number of aryl methyl sites for hydroxylation is 1. The molecule has 0 saturated carbocycles. The topological polar surface area (TPSA) is 56.7 Å². The zero-order valence-electron chi connectivity index (χ0n) is 9.52. The third-order valence-electron chi connectivity index (χ3n) is 2.58. The molecule has 0 amide bonds. The van der Waals surface area contributed by atoms with Gasteiger partial charge in [0.1, 0.15) is 0 Å². The van der Waals surface area contributed by atoms with Crippen molar-refractivity contribution in [3.63, 3.8) is 0 Å². The van der Waals surface area contributed by atoms with Crippen molar-refractivity contribution in [2.45, 2.75) is 12.2 Å². The quantitative estimate of drug-likeness (QED) is 0.892. The van der Waals surface area contributed by atoms with Crippen LogP contribution < -0.4 is 5.73 Å². The van der Waals surface area contributed by atoms with Crippen LogP contribution in [-0.2, 0) is 13.2 Å². The first kappa shape index (κ1) is 12.6. The van der Waals surface area contributed by atoms with Crippen molar-refractivity contribution >= 4 is 0 Å². The van der Waals surface area contributed by atoms with E-state index in [1.54, 1.807) is 13.2 Å². The van der Waals surface area contributed by atoms with Gasteiger partial charge in [0, 0.05) is 36.8 Å². The van der Waals surface area contributed by atoms with E-state index >= 15 is 0 Å². The molecule has 0 aliphatic carbocycles. The number of nitrogens with zero attached hydrogens (tertiary/aromatic N) is 3. The van der Waals surface area contributed by atoms with Gasteiger partial charge in [-0.05, 0) is 6.07 Å². The fourth-order valence-electron chi connectivity index (χ4n) is 1.69. The fourth-order valence-corrected chi connectivity index (χ4v) is 1.69. The third-order valence-corrected chi connectivity index (χ3v) is 2.58. The van der Waals surface area contributed by atoms with Crippen molar-refractivity contribution in [1.82, 2.24) is 14.8 Å². The summed E-state index contributed by atoms with van der Waals surface area (Å²) in [5.74, 6) is 0. The Morgan fingerprint density at radius 2 is 2.06 bits per heavy atom. The maximum absolute atomic E-state index is 12.8. The minimum atomic E-state index is -4.45. The zero-order chi connectivity index (χ0) is 13.3. The Hall–Kier alpha value is -1.89. The Kier molecular flexibility index (Phi) is 3.08. The smallest absolute Gasteiger partial charge is 0.320 e. The van der Waals surface area contributed by atoms with E-state index in [0.29, 0.717) is 5.56 Å². The number of nitrogens with two attached hydrogens (primary N) is 1. The molecule has 1 unspecified atom stereocenters. The summed E-state index contributed by atoms with van der Waals surface area (Å²) < 4.78 is 40.0. The van der Waals surface area contributed by atoms with Gasteiger partial charge in [0.15, 0.2) is 0 Å². The van der Waals surface area contributed by atoms with Crippen LogP contribution in [0.3, 0.4) is 0 Å². The second-order valence-corrected chi connectivity index (χ2v) is 3.89. The highest BCUT2D eigenvalue weighted by atomic mass is 19.4. The molecule has 4 nitrogen and oxygen atoms in total. The monoisotopic (exact) mass is 256 g/mol. The SMILES string of the molecule is Cn1cc(C(N)c2cnccc2C(F)(F)F)cn1. The molecule has 7 heteroatoms. The lowest BCUT2D eigenvalue weighted by Crippen LogP contribution is -2.18. The Balaban J connectivity index is 2.45. The third kappa shape index (κ3) is 2.35. The van der Waals surface area contributed by atoms with E-state index in [0.717, 1.165) is 18.5 Å². The van der Waals surface area contributed by atoms with Gasteiger partial charge in [-0.2, -0.15) is 18.3 Å². The summed E-state index contributed by atoms with van der Waals surface area (Å²) >= 11 is 0. The molecule has 18 heavy (non-hydrogen) atoms. The van der Waals surface area contributed by atoms with Crippen LogP contribution in [0.2, 0.25) is 0 Å². The van der Waals surface area contributed by atoms with Crippen molar-refractivity contribution in [3.8, 4) is 0 Å². The first-order valence-corrected chi connectivity index (χ1v) is 5.15. The van der Waals surface area contributed by atoms with Crippen molar-refractivity contribution in [1.29, 1.82) is 0 Å². The minimum absolute atomic E-state index is 0.0574. The molecule has 2 N–H and O–H groups in total. The summed E-state index contributed by atoms with van der Waals surface area (Å²) in [4.78, 5) is 3.71. The summed E-state index contributed by atoms with van der Waals surface area (Å²) in [5.41, 5.74) is 5.52. The van der Waals surface area contributed by atoms with Crippen molar-refractivity contribution in [2.24, 2.45) is 12.8 Å². The first-order chi connectivity index (χ1) is 8.39. The van der Waals surface area contributed by atoms with Crippen LogP contribution in [-0.4, -0.2) is 14.8 Å². The van der Waals surface area contributed by atoms with Gasteiger partial charge < -0.3 is 5.73 Å². The number of hydrogen-bond acceptors (Lipinski definition) is 3. The summed E-state index contributed by atoms with van der Waals surface area (Å²) in [5, 5.41) is 3.89. The Labute approximate surface area is 101 Å². The summed E-state index contributed by atoms with van der Waals surface area (Å²) in [6.07, 6.45) is 0.816. The molecule has 0 fully saturated rings. The zero-order valence-corrected chi connectivity index (χ0v) is 9.52. The number of aromatic nitrogens is 3. The Morgan fingerprint density at radius 1 is 1.33 bits per heavy atom. The lowest BCUT2D eigenvalue weighted by atomic mass is 9.99. The standard InChI is InChI=1S/C11H11F3N4/c1-18-6-7(4-17-18)10(15)8-5-16-3-2-9(8)11(12,13)14/h2-6,10H,15H2,1H3. The molecule has 0 aliphatic rings. The molecule has 2 aromatic rings. The number of halogens is 3. The van der Waals surface area contributed by atoms with Gasteiger partial charge in [-0.1, -0.05) is 0 Å². The van der Waals surface area contributed by atoms with Gasteiger partial charge in [-0.15, -0.1) is 0 Å². The normalized spacial score (nSPS) is 13.6. The van der Waals surface area contributed by atoms with Crippen molar-refractivity contribution < 1.29 is 13.2 Å². The Morgan fingerprint density at radius 3 is 2.61 bits per heavy atom. The van der Waals surface area contributed by atoms with Crippen molar-refractivity contribution in [2.75, 3.05) is 0 Å². The molecule has 0 radical (unpaired) electrons. The fraction of sp³-hybridized carbons (Fsp3) is 0.273. The molecular weight excluding hydrogens is 245 g/mol. The number of pyridine rings is 1. The summed E-state index contributed by atoms with van der Waals surface area (Å²) in [6.45, 7) is 0. The van der Waals surface area contributed by atoms with E-state index in [-0.39, 0.29) is 5.56 Å². The predicted octanol–water partition coefficient (Wildman–Crippen LogP) is 1.88. The molecule has 0 bridgehead atoms. The van der Waals surface area contributed by atoms with Gasteiger partial charge in [-0.25, -0.2) is 0 Å². The van der Waals surface area contributed by atoms with Crippen LogP contribution in [0.1, 0.15) is 22.7 Å². The average molecular weight is 256 g/mol. The van der Waals surface area contributed by atoms with Crippen LogP contribution >= 0.6 is 0 Å². The molecule has 96 valence electrons. The number of rotatable bonds is 2. The van der Waals surface area contributed by atoms with E-state index < -0.39 is 17.8 Å². The lowest BCUT2D eigenvalue weighted by molar-refractivity contribution is -0.138. The highest BCUT2D eigenvalue weighted by Gasteiger charge is 2.35. The lowest BCUT2D eigenvalue weighted by Gasteiger charge is -2.16. The molecule has 2 aromatic heterocycles. The molecular formula is C11H11F3N4. The number of alkyl halides is 3. The minimum Gasteiger partial charge on any atom is -0.320 e. The second-order valence-electron chi connectivity index (χ2n) is 3.89. The van der Waals surface area contributed by atoms with Crippen LogP contribution in [0, 0.1) is 0 Å². The maximum atomic E-state index is 12.8. The Bertz CT molecular complexity index is 547. The average Bonchev–Trinajstić information content (AvgIpc) is 2.74. The second kappa shape index (κ2) is 4.41. The molecule has 0 aliphatic heterocycles. The largest absolute Gasteiger partial charge is 0.416 e. The van der Waals surface area contributed by atoms with Crippen LogP contribution in [0.15, 0.2) is 30.9 Å². The van der Waals surface area contributed by atoms with Gasteiger partial charge in [-0.3, -0.25) is 9.67 Å². The summed E-state index contributed by atoms with van der Waals surface area (Å²) in [6, 6.07) is 0.0231. The van der Waals surface area contributed by atoms with E-state index in [1.165, 1.54) is 10.9 Å². The van der Waals surface area contributed by atoms with Crippen LogP contribution in [0.5, 0.6) is 0 Å². The van der Waals surface area contributed by atoms with Gasteiger partial charge >= 0.3 is 6.18 Å². The predicted molar refractivity (Wildman–Crippen MR) is 58.5 cm³/mol. The van der Waals surface area contributed by atoms with E-state index in [2.05, 4.69) is 10.1 Å². The van der Waals surface area contributed by atoms with Crippen LogP contribution in [0.25, 0.3) is 0 Å². The van der Waals surface area contributed by atoms with Gasteiger partial charge in [0.25, 0.3) is 0 Å². The molecule has 0 aromatic carbocycles. The van der Waals surface area contributed by atoms with E-state index in [9.17, 15) is 13.2 Å². The van der Waals surface area contributed by atoms with E-state index in [4.69, 9.17) is 5.73 Å².